The van der Waals surface area contributed by atoms with Crippen molar-refractivity contribution >= 4 is 11.6 Å². The average molecular weight is 151 g/mol. The van der Waals surface area contributed by atoms with Crippen LogP contribution in [0.15, 0.2) is 0 Å². The molecule has 1 unspecified atom stereocenters. The van der Waals surface area contributed by atoms with Crippen LogP contribution in [0.25, 0.3) is 0 Å². The zero-order valence-corrected chi connectivity index (χ0v) is 5.04. The van der Waals surface area contributed by atoms with Crippen LogP contribution < -0.4 is 0 Å². The molecule has 50 valence electrons. The van der Waals surface area contributed by atoms with Gasteiger partial charge in [0.2, 0.25) is 0 Å². The first kappa shape index (κ1) is 7.98. The summed E-state index contributed by atoms with van der Waals surface area (Å²) in [5.41, 5.74) is 0. The van der Waals surface area contributed by atoms with Gasteiger partial charge in [0, 0.05) is 0 Å². The van der Waals surface area contributed by atoms with Crippen LogP contribution in [0.3, 0.4) is 0 Å². The Kier molecular flexibility index (Phi) is 3.48. The molecule has 0 aromatic rings. The number of hydrogen-bond acceptors (Lipinski definition) is 4. The summed E-state index contributed by atoms with van der Waals surface area (Å²) in [5.74, 6) is 0. The molecule has 1 atom stereocenters. The van der Waals surface area contributed by atoms with Crippen molar-refractivity contribution in [1.82, 2.24) is 0 Å². The van der Waals surface area contributed by atoms with Crippen LogP contribution in [0.1, 0.15) is 0 Å². The van der Waals surface area contributed by atoms with Gasteiger partial charge in [-0.25, -0.2) is 0 Å². The molecule has 0 N–H and O–H groups in total. The summed E-state index contributed by atoms with van der Waals surface area (Å²) in [4.78, 5) is 13.2. The summed E-state index contributed by atoms with van der Waals surface area (Å²) in [5, 5.41) is 15.5. The number of hydrogen-bond donors (Lipinski definition) is 0. The predicted molar refractivity (Wildman–Crippen MR) is 28.2 cm³/mol. The van der Waals surface area contributed by atoms with Crippen LogP contribution in [0.2, 0.25) is 0 Å². The standard InChI is InChI=1S/C3H3ClN2O3/c4-3(1-5)2-9-6(7)8/h3H,2H2. The van der Waals surface area contributed by atoms with Crippen LogP contribution in [0.5, 0.6) is 0 Å². The molecule has 0 aromatic carbocycles. The molecule has 0 saturated heterocycles. The molecule has 0 rings (SSSR count). The van der Waals surface area contributed by atoms with E-state index in [2.05, 4.69) is 4.84 Å². The molecule has 9 heavy (non-hydrogen) atoms. The first-order valence-corrected chi connectivity index (χ1v) is 2.41. The van der Waals surface area contributed by atoms with E-state index in [0.717, 1.165) is 0 Å². The van der Waals surface area contributed by atoms with Crippen LogP contribution in [-0.2, 0) is 4.84 Å². The maximum absolute atomic E-state index is 9.43. The van der Waals surface area contributed by atoms with Crippen LogP contribution in [-0.4, -0.2) is 17.1 Å². The lowest BCUT2D eigenvalue weighted by Crippen LogP contribution is -2.10. The van der Waals surface area contributed by atoms with Crippen molar-refractivity contribution in [2.24, 2.45) is 0 Å². The maximum Gasteiger partial charge on any atom is 0.294 e. The quantitative estimate of drug-likeness (QED) is 0.330. The largest absolute Gasteiger partial charge is 0.311 e. The summed E-state index contributed by atoms with van der Waals surface area (Å²) in [6.45, 7) is -0.384. The third kappa shape index (κ3) is 4.84. The minimum atomic E-state index is -0.993. The topological polar surface area (TPSA) is 76.2 Å². The first-order valence-electron chi connectivity index (χ1n) is 1.98. The van der Waals surface area contributed by atoms with Gasteiger partial charge in [0.15, 0.2) is 0 Å². The maximum atomic E-state index is 9.43. The molecule has 0 fully saturated rings. The van der Waals surface area contributed by atoms with E-state index in [1.54, 1.807) is 6.07 Å². The van der Waals surface area contributed by atoms with Crippen molar-refractivity contribution in [2.45, 2.75) is 5.38 Å². The van der Waals surface area contributed by atoms with Gasteiger partial charge in [-0.05, 0) is 0 Å². The molecule has 0 radical (unpaired) electrons. The van der Waals surface area contributed by atoms with E-state index in [1.807, 2.05) is 0 Å². The van der Waals surface area contributed by atoms with Gasteiger partial charge in [0.1, 0.15) is 12.0 Å². The second-order valence-corrected chi connectivity index (χ2v) is 1.64. The lowest BCUT2D eigenvalue weighted by Gasteiger charge is -1.94. The minimum Gasteiger partial charge on any atom is -0.311 e. The fourth-order valence-electron chi connectivity index (χ4n) is 0.164. The van der Waals surface area contributed by atoms with E-state index < -0.39 is 10.5 Å². The second kappa shape index (κ2) is 3.92. The molecule has 0 aliphatic rings. The Morgan fingerprint density at radius 1 is 2.00 bits per heavy atom. The molecule has 5 nitrogen and oxygen atoms in total. The molecule has 0 heterocycles. The number of nitrogens with zero attached hydrogens (tertiary/aromatic N) is 2. The third-order valence-electron chi connectivity index (χ3n) is 0.466. The van der Waals surface area contributed by atoms with Crippen molar-refractivity contribution in [2.75, 3.05) is 6.61 Å². The van der Waals surface area contributed by atoms with Crippen molar-refractivity contribution in [3.63, 3.8) is 0 Å². The zero-order chi connectivity index (χ0) is 7.28. The Balaban J connectivity index is 3.30. The molecular formula is C3H3ClN2O3. The van der Waals surface area contributed by atoms with E-state index in [0.29, 0.717) is 0 Å². The Hall–Kier alpha value is -1.02. The molecule has 0 spiro atoms. The highest BCUT2D eigenvalue weighted by Crippen LogP contribution is 1.92. The zero-order valence-electron chi connectivity index (χ0n) is 4.28. The predicted octanol–water partition coefficient (Wildman–Crippen LogP) is 0.326. The number of alkyl halides is 1. The molecule has 0 aliphatic heterocycles. The summed E-state index contributed by atoms with van der Waals surface area (Å²) < 4.78 is 0. The normalized spacial score (nSPS) is 11.6. The lowest BCUT2D eigenvalue weighted by atomic mass is 10.5. The summed E-state index contributed by atoms with van der Waals surface area (Å²) in [6.07, 6.45) is 0. The Bertz CT molecular complexity index is 142. The SMILES string of the molecule is N#CC(Cl)CO[N+](=O)[O-]. The van der Waals surface area contributed by atoms with Gasteiger partial charge in [-0.2, -0.15) is 5.26 Å². The molecule has 0 aliphatic carbocycles. The van der Waals surface area contributed by atoms with Gasteiger partial charge in [0.05, 0.1) is 6.07 Å². The van der Waals surface area contributed by atoms with Crippen molar-refractivity contribution in [3.05, 3.63) is 10.1 Å². The second-order valence-electron chi connectivity index (χ2n) is 1.12. The smallest absolute Gasteiger partial charge is 0.294 e. The highest BCUT2D eigenvalue weighted by Gasteiger charge is 2.03. The highest BCUT2D eigenvalue weighted by atomic mass is 35.5. The van der Waals surface area contributed by atoms with Crippen LogP contribution in [0, 0.1) is 21.4 Å². The van der Waals surface area contributed by atoms with E-state index in [-0.39, 0.29) is 6.61 Å². The average Bonchev–Trinajstić information content (AvgIpc) is 1.83. The van der Waals surface area contributed by atoms with Gasteiger partial charge >= 0.3 is 0 Å². The van der Waals surface area contributed by atoms with Crippen LogP contribution in [0.4, 0.5) is 0 Å². The molecular weight excluding hydrogens is 147 g/mol. The van der Waals surface area contributed by atoms with Gasteiger partial charge in [-0.3, -0.25) is 0 Å². The Morgan fingerprint density at radius 2 is 2.56 bits per heavy atom. The molecule has 0 saturated carbocycles. The van der Waals surface area contributed by atoms with Crippen molar-refractivity contribution in [3.8, 4) is 6.07 Å². The Labute approximate surface area is 55.9 Å². The molecule has 0 aromatic heterocycles. The highest BCUT2D eigenvalue weighted by molar-refractivity contribution is 6.22. The summed E-state index contributed by atoms with van der Waals surface area (Å²) in [6, 6.07) is 1.56. The Morgan fingerprint density at radius 3 is 2.89 bits per heavy atom. The van der Waals surface area contributed by atoms with Crippen molar-refractivity contribution in [1.29, 1.82) is 5.26 Å². The van der Waals surface area contributed by atoms with E-state index in [9.17, 15) is 10.1 Å². The van der Waals surface area contributed by atoms with Gasteiger partial charge in [-0.1, -0.05) is 0 Å². The number of nitriles is 1. The first-order chi connectivity index (χ1) is 4.16. The molecule has 6 heteroatoms. The van der Waals surface area contributed by atoms with Gasteiger partial charge < -0.3 is 4.84 Å². The fraction of sp³-hybridized carbons (Fsp3) is 0.667. The van der Waals surface area contributed by atoms with Crippen molar-refractivity contribution < 1.29 is 9.92 Å². The molecule has 0 bridgehead atoms. The summed E-state index contributed by atoms with van der Waals surface area (Å²) in [7, 11) is 0. The monoisotopic (exact) mass is 150 g/mol. The van der Waals surface area contributed by atoms with Crippen LogP contribution >= 0.6 is 11.6 Å². The van der Waals surface area contributed by atoms with Gasteiger partial charge in [-0.15, -0.1) is 21.7 Å². The number of halogens is 1. The number of rotatable bonds is 3. The lowest BCUT2D eigenvalue weighted by molar-refractivity contribution is -0.757. The fourth-order valence-corrected chi connectivity index (χ4v) is 0.220. The minimum absolute atomic E-state index is 0.384. The van der Waals surface area contributed by atoms with E-state index >= 15 is 0 Å². The third-order valence-corrected chi connectivity index (χ3v) is 0.690. The summed E-state index contributed by atoms with van der Waals surface area (Å²) >= 11 is 5.12. The van der Waals surface area contributed by atoms with E-state index in [4.69, 9.17) is 16.9 Å². The van der Waals surface area contributed by atoms with Gasteiger partial charge in [0.25, 0.3) is 5.09 Å². The van der Waals surface area contributed by atoms with E-state index in [1.165, 1.54) is 0 Å². The molecule has 0 amide bonds.